The van der Waals surface area contributed by atoms with E-state index in [2.05, 4.69) is 19.2 Å². The molecular weight excluding hydrogens is 414 g/mol. The van der Waals surface area contributed by atoms with E-state index >= 15 is 0 Å². The zero-order valence-corrected chi connectivity index (χ0v) is 18.4. The molecule has 0 spiro atoms. The first-order chi connectivity index (χ1) is 15.2. The lowest BCUT2D eigenvalue weighted by Gasteiger charge is -2.31. The number of hydrogen-bond acceptors (Lipinski definition) is 3. The molecule has 1 saturated heterocycles. The van der Waals surface area contributed by atoms with Crippen LogP contribution in [0, 0.1) is 23.5 Å². The van der Waals surface area contributed by atoms with Crippen molar-refractivity contribution in [3.63, 3.8) is 0 Å². The van der Waals surface area contributed by atoms with Crippen LogP contribution < -0.4 is 5.32 Å². The minimum Gasteiger partial charge on any atom is -0.343 e. The summed E-state index contributed by atoms with van der Waals surface area (Å²) in [5, 5.41) is 2.38. The molecule has 3 rings (SSSR count). The summed E-state index contributed by atoms with van der Waals surface area (Å²) in [6, 6.07) is 10.4. The Morgan fingerprint density at radius 2 is 1.69 bits per heavy atom. The predicted molar refractivity (Wildman–Crippen MR) is 117 cm³/mol. The van der Waals surface area contributed by atoms with E-state index in [9.17, 15) is 23.2 Å². The molecule has 0 bridgehead atoms. The smallest absolute Gasteiger partial charge is 0.254 e. The van der Waals surface area contributed by atoms with Gasteiger partial charge in [-0.1, -0.05) is 38.1 Å². The van der Waals surface area contributed by atoms with Gasteiger partial charge in [-0.25, -0.2) is 8.78 Å². The number of likely N-dealkylation sites (tertiary alicyclic amines) is 1. The number of carbonyl (C=O) groups excluding carboxylic acids is 3. The first kappa shape index (κ1) is 23.6. The number of carbonyl (C=O) groups is 3. The van der Waals surface area contributed by atoms with E-state index in [1.807, 2.05) is 24.3 Å². The van der Waals surface area contributed by atoms with Gasteiger partial charge < -0.3 is 10.2 Å². The van der Waals surface area contributed by atoms with Crippen LogP contribution in [0.25, 0.3) is 0 Å². The fourth-order valence-corrected chi connectivity index (χ4v) is 3.94. The van der Waals surface area contributed by atoms with Gasteiger partial charge in [-0.2, -0.15) is 0 Å². The zero-order valence-electron chi connectivity index (χ0n) is 18.4. The normalized spacial score (nSPS) is 14.5. The van der Waals surface area contributed by atoms with Gasteiger partial charge in [0.1, 0.15) is 11.6 Å². The fourth-order valence-electron chi connectivity index (χ4n) is 3.94. The molecule has 2 aromatic carbocycles. The van der Waals surface area contributed by atoms with Crippen LogP contribution in [-0.2, 0) is 11.2 Å². The van der Waals surface area contributed by atoms with Gasteiger partial charge in [0, 0.05) is 30.6 Å². The Kier molecular flexibility index (Phi) is 7.72. The summed E-state index contributed by atoms with van der Waals surface area (Å²) in [5.41, 5.74) is 1.58. The predicted octanol–water partition coefficient (Wildman–Crippen LogP) is 4.01. The van der Waals surface area contributed by atoms with Crippen LogP contribution in [0.3, 0.4) is 0 Å². The second-order valence-corrected chi connectivity index (χ2v) is 8.62. The van der Waals surface area contributed by atoms with E-state index in [1.54, 1.807) is 4.90 Å². The molecule has 1 aliphatic rings. The van der Waals surface area contributed by atoms with E-state index in [0.717, 1.165) is 18.6 Å². The monoisotopic (exact) mass is 442 g/mol. The SMILES string of the molecule is CC(C)Cc1ccc(C(=O)C2CCN(C(=O)CNC(=O)c3ccc(F)cc3F)CC2)cc1. The van der Waals surface area contributed by atoms with Crippen molar-refractivity contribution in [2.75, 3.05) is 19.6 Å². The van der Waals surface area contributed by atoms with E-state index in [1.165, 1.54) is 5.56 Å². The minimum absolute atomic E-state index is 0.0910. The molecule has 0 radical (unpaired) electrons. The van der Waals surface area contributed by atoms with E-state index in [-0.39, 0.29) is 29.7 Å². The largest absolute Gasteiger partial charge is 0.343 e. The number of ketones is 1. The Balaban J connectivity index is 1.47. The minimum atomic E-state index is -0.980. The Morgan fingerprint density at radius 3 is 2.28 bits per heavy atom. The summed E-state index contributed by atoms with van der Waals surface area (Å²) in [4.78, 5) is 38.9. The summed E-state index contributed by atoms with van der Waals surface area (Å²) in [5.74, 6) is -2.33. The van der Waals surface area contributed by atoms with Crippen molar-refractivity contribution in [1.82, 2.24) is 10.2 Å². The lowest BCUT2D eigenvalue weighted by Crippen LogP contribution is -2.45. The topological polar surface area (TPSA) is 66.5 Å². The van der Waals surface area contributed by atoms with Gasteiger partial charge in [-0.05, 0) is 42.9 Å². The average molecular weight is 443 g/mol. The highest BCUT2D eigenvalue weighted by molar-refractivity contribution is 5.98. The van der Waals surface area contributed by atoms with E-state index < -0.39 is 17.5 Å². The van der Waals surface area contributed by atoms with Gasteiger partial charge in [0.05, 0.1) is 12.1 Å². The standard InChI is InChI=1S/C25H28F2N2O3/c1-16(2)13-17-3-5-18(6-4-17)24(31)19-9-11-29(12-10-19)23(30)15-28-25(32)21-8-7-20(26)14-22(21)27/h3-8,14,16,19H,9-13,15H2,1-2H3,(H,28,32). The van der Waals surface area contributed by atoms with Crippen molar-refractivity contribution in [1.29, 1.82) is 0 Å². The number of hydrogen-bond donors (Lipinski definition) is 1. The van der Waals surface area contributed by atoms with Crippen molar-refractivity contribution >= 4 is 17.6 Å². The Labute approximate surface area is 186 Å². The number of nitrogens with one attached hydrogen (secondary N) is 1. The van der Waals surface area contributed by atoms with Gasteiger partial charge in [0.2, 0.25) is 5.91 Å². The number of Topliss-reactive ketones (excluding diaryl/α,β-unsaturated/α-hetero) is 1. The molecular formula is C25H28F2N2O3. The maximum absolute atomic E-state index is 13.7. The molecule has 0 unspecified atom stereocenters. The van der Waals surface area contributed by atoms with E-state index in [0.29, 0.717) is 43.5 Å². The van der Waals surface area contributed by atoms with Crippen LogP contribution in [0.1, 0.15) is 53.0 Å². The maximum Gasteiger partial charge on any atom is 0.254 e. The number of halogens is 2. The highest BCUT2D eigenvalue weighted by Crippen LogP contribution is 2.22. The number of benzene rings is 2. The third-order valence-electron chi connectivity index (χ3n) is 5.68. The van der Waals surface area contributed by atoms with Crippen molar-refractivity contribution in [3.8, 4) is 0 Å². The second-order valence-electron chi connectivity index (χ2n) is 8.62. The first-order valence-electron chi connectivity index (χ1n) is 10.9. The molecule has 1 aliphatic heterocycles. The molecule has 2 amide bonds. The third-order valence-corrected chi connectivity index (χ3v) is 5.68. The number of nitrogens with zero attached hydrogens (tertiary/aromatic N) is 1. The summed E-state index contributed by atoms with van der Waals surface area (Å²) in [6.07, 6.45) is 2.08. The number of piperidine rings is 1. The van der Waals surface area contributed by atoms with Gasteiger partial charge >= 0.3 is 0 Å². The highest BCUT2D eigenvalue weighted by atomic mass is 19.1. The number of amides is 2. The highest BCUT2D eigenvalue weighted by Gasteiger charge is 2.28. The molecule has 0 atom stereocenters. The van der Waals surface area contributed by atoms with Crippen LogP contribution in [0.4, 0.5) is 8.78 Å². The van der Waals surface area contributed by atoms with Gasteiger partial charge in [-0.15, -0.1) is 0 Å². The lowest BCUT2D eigenvalue weighted by atomic mass is 9.88. The van der Waals surface area contributed by atoms with Crippen molar-refractivity contribution < 1.29 is 23.2 Å². The van der Waals surface area contributed by atoms with Crippen LogP contribution >= 0.6 is 0 Å². The Hall–Kier alpha value is -3.09. The average Bonchev–Trinajstić information content (AvgIpc) is 2.77. The van der Waals surface area contributed by atoms with Gasteiger partial charge in [0.15, 0.2) is 5.78 Å². The fraction of sp³-hybridized carbons (Fsp3) is 0.400. The lowest BCUT2D eigenvalue weighted by molar-refractivity contribution is -0.131. The Bertz CT molecular complexity index is 981. The van der Waals surface area contributed by atoms with Gasteiger partial charge in [-0.3, -0.25) is 14.4 Å². The summed E-state index contributed by atoms with van der Waals surface area (Å²) >= 11 is 0. The van der Waals surface area contributed by atoms with Crippen molar-refractivity contribution in [3.05, 3.63) is 70.8 Å². The molecule has 1 heterocycles. The van der Waals surface area contributed by atoms with Crippen LogP contribution in [0.2, 0.25) is 0 Å². The molecule has 2 aromatic rings. The molecule has 0 aromatic heterocycles. The van der Waals surface area contributed by atoms with Crippen LogP contribution in [0.15, 0.2) is 42.5 Å². The summed E-state index contributed by atoms with van der Waals surface area (Å²) < 4.78 is 26.7. The zero-order chi connectivity index (χ0) is 23.3. The molecule has 1 N–H and O–H groups in total. The van der Waals surface area contributed by atoms with Crippen LogP contribution in [-0.4, -0.2) is 42.1 Å². The third kappa shape index (κ3) is 5.99. The quantitative estimate of drug-likeness (QED) is 0.659. The van der Waals surface area contributed by atoms with Crippen molar-refractivity contribution in [2.45, 2.75) is 33.1 Å². The molecule has 0 saturated carbocycles. The first-order valence-corrected chi connectivity index (χ1v) is 10.9. The summed E-state index contributed by atoms with van der Waals surface area (Å²) in [7, 11) is 0. The second kappa shape index (κ2) is 10.5. The molecule has 170 valence electrons. The molecule has 0 aliphatic carbocycles. The molecule has 1 fully saturated rings. The van der Waals surface area contributed by atoms with Crippen molar-refractivity contribution in [2.24, 2.45) is 11.8 Å². The molecule has 5 nitrogen and oxygen atoms in total. The Morgan fingerprint density at radius 1 is 1.03 bits per heavy atom. The van der Waals surface area contributed by atoms with E-state index in [4.69, 9.17) is 0 Å². The van der Waals surface area contributed by atoms with Crippen LogP contribution in [0.5, 0.6) is 0 Å². The molecule has 32 heavy (non-hydrogen) atoms. The molecule has 7 heteroatoms. The number of rotatable bonds is 7. The van der Waals surface area contributed by atoms with Gasteiger partial charge in [0.25, 0.3) is 5.91 Å². The maximum atomic E-state index is 13.7. The summed E-state index contributed by atoms with van der Waals surface area (Å²) in [6.45, 7) is 4.86.